The molecule has 0 N–H and O–H groups in total. The summed E-state index contributed by atoms with van der Waals surface area (Å²) in [5, 5.41) is 4.10. The van der Waals surface area contributed by atoms with Crippen molar-refractivity contribution in [1.29, 1.82) is 0 Å². The van der Waals surface area contributed by atoms with Crippen LogP contribution in [-0.4, -0.2) is 12.6 Å². The van der Waals surface area contributed by atoms with Crippen molar-refractivity contribution >= 4 is 45.3 Å². The Balaban J connectivity index is 1.60. The Labute approximate surface area is 208 Å². The van der Waals surface area contributed by atoms with Crippen LogP contribution < -0.4 is 0 Å². The van der Waals surface area contributed by atoms with Crippen molar-refractivity contribution in [1.82, 2.24) is 0 Å². The van der Waals surface area contributed by atoms with Gasteiger partial charge in [0, 0.05) is 56.6 Å². The van der Waals surface area contributed by atoms with E-state index in [9.17, 15) is 9.59 Å². The van der Waals surface area contributed by atoms with Gasteiger partial charge in [-0.25, -0.2) is 0 Å². The first-order chi connectivity index (χ1) is 17.7. The third-order valence-corrected chi connectivity index (χ3v) is 6.96. The van der Waals surface area contributed by atoms with Crippen LogP contribution in [0.25, 0.3) is 55.0 Å². The van der Waals surface area contributed by atoms with E-state index >= 15 is 0 Å². The van der Waals surface area contributed by atoms with E-state index in [0.29, 0.717) is 11.1 Å². The monoisotopic (exact) mass is 472 g/mol. The predicted octanol–water partition coefficient (Wildman–Crippen LogP) is 8.42. The number of hydrogen-bond donors (Lipinski definition) is 0. The molecule has 0 unspecified atom stereocenters. The van der Waals surface area contributed by atoms with Gasteiger partial charge in [0.15, 0.2) is 0 Å². The lowest BCUT2D eigenvalue weighted by Crippen LogP contribution is -1.85. The molecule has 4 aromatic carbocycles. The standard InChI is InChI=1S/C32H24O4/c1-3-27-29(21-9-5-19(17-33)6-10-21)25-15-13-24-23(31(25)35-27)14-16-26-30(28(4-2)36-32(24)26)22-11-7-20(18-34)8-12-22/h5-18H,3-4H2,1-2H3. The normalized spacial score (nSPS) is 11.5. The fraction of sp³-hybridized carbons (Fsp3) is 0.125. The lowest BCUT2D eigenvalue weighted by Gasteiger charge is -2.04. The molecule has 0 fully saturated rings. The van der Waals surface area contributed by atoms with Gasteiger partial charge in [0.2, 0.25) is 0 Å². The number of fused-ring (bicyclic) bond motifs is 5. The molecule has 0 radical (unpaired) electrons. The minimum Gasteiger partial charge on any atom is -0.460 e. The predicted molar refractivity (Wildman–Crippen MR) is 144 cm³/mol. The molecule has 4 nitrogen and oxygen atoms in total. The molecule has 176 valence electrons. The molecule has 0 aliphatic heterocycles. The van der Waals surface area contributed by atoms with E-state index in [1.165, 1.54) is 0 Å². The fourth-order valence-electron chi connectivity index (χ4n) is 5.20. The highest BCUT2D eigenvalue weighted by Crippen LogP contribution is 2.43. The molecule has 2 aromatic heterocycles. The SMILES string of the molecule is CCc1oc2c(ccc3c2ccc2c(-c4ccc(C=O)cc4)c(CC)oc23)c1-c1ccc(C=O)cc1. The van der Waals surface area contributed by atoms with Crippen molar-refractivity contribution in [2.75, 3.05) is 0 Å². The van der Waals surface area contributed by atoms with Gasteiger partial charge in [-0.1, -0.05) is 62.4 Å². The van der Waals surface area contributed by atoms with E-state index in [-0.39, 0.29) is 0 Å². The summed E-state index contributed by atoms with van der Waals surface area (Å²) in [6.07, 6.45) is 3.22. The van der Waals surface area contributed by atoms with Crippen molar-refractivity contribution in [3.05, 3.63) is 95.4 Å². The Hall–Kier alpha value is -4.44. The average Bonchev–Trinajstić information content (AvgIpc) is 3.51. The lowest BCUT2D eigenvalue weighted by molar-refractivity contribution is 0.111. The van der Waals surface area contributed by atoms with Crippen LogP contribution in [0.15, 0.2) is 81.6 Å². The number of aryl methyl sites for hydroxylation is 2. The van der Waals surface area contributed by atoms with Crippen LogP contribution in [0.5, 0.6) is 0 Å². The van der Waals surface area contributed by atoms with Crippen molar-refractivity contribution in [3.63, 3.8) is 0 Å². The van der Waals surface area contributed by atoms with Crippen LogP contribution in [0.1, 0.15) is 46.1 Å². The second-order valence-electron chi connectivity index (χ2n) is 8.97. The highest BCUT2D eigenvalue weighted by atomic mass is 16.3. The van der Waals surface area contributed by atoms with E-state index < -0.39 is 0 Å². The number of rotatable bonds is 6. The molecule has 6 aromatic rings. The second-order valence-corrected chi connectivity index (χ2v) is 8.97. The van der Waals surface area contributed by atoms with Gasteiger partial charge in [-0.05, 0) is 35.4 Å². The maximum Gasteiger partial charge on any atom is 0.150 e. The zero-order chi connectivity index (χ0) is 24.8. The third kappa shape index (κ3) is 3.29. The molecule has 4 heteroatoms. The van der Waals surface area contributed by atoms with Gasteiger partial charge in [0.1, 0.15) is 35.3 Å². The first kappa shape index (κ1) is 22.1. The average molecular weight is 473 g/mol. The largest absolute Gasteiger partial charge is 0.460 e. The van der Waals surface area contributed by atoms with Crippen molar-refractivity contribution in [2.45, 2.75) is 26.7 Å². The third-order valence-electron chi connectivity index (χ3n) is 6.96. The van der Waals surface area contributed by atoms with Crippen LogP contribution in [0.3, 0.4) is 0 Å². The van der Waals surface area contributed by atoms with E-state index in [0.717, 1.165) is 91.9 Å². The van der Waals surface area contributed by atoms with Gasteiger partial charge in [-0.3, -0.25) is 9.59 Å². The van der Waals surface area contributed by atoms with Gasteiger partial charge in [0.25, 0.3) is 0 Å². The van der Waals surface area contributed by atoms with Gasteiger partial charge in [0.05, 0.1) is 0 Å². The Bertz CT molecular complexity index is 1630. The smallest absolute Gasteiger partial charge is 0.150 e. The lowest BCUT2D eigenvalue weighted by atomic mass is 9.96. The molecular formula is C32H24O4. The molecule has 36 heavy (non-hydrogen) atoms. The number of hydrogen-bond acceptors (Lipinski definition) is 4. The number of furan rings is 2. The maximum absolute atomic E-state index is 11.1. The minimum atomic E-state index is 0.651. The molecule has 2 heterocycles. The van der Waals surface area contributed by atoms with Crippen molar-refractivity contribution < 1.29 is 18.4 Å². The van der Waals surface area contributed by atoms with Crippen LogP contribution in [0.2, 0.25) is 0 Å². The molecule has 0 aliphatic rings. The summed E-state index contributed by atoms with van der Waals surface area (Å²) in [7, 11) is 0. The molecule has 0 atom stereocenters. The van der Waals surface area contributed by atoms with Crippen LogP contribution >= 0.6 is 0 Å². The highest BCUT2D eigenvalue weighted by molar-refractivity contribution is 6.18. The van der Waals surface area contributed by atoms with Gasteiger partial charge in [-0.2, -0.15) is 0 Å². The highest BCUT2D eigenvalue weighted by Gasteiger charge is 2.21. The summed E-state index contributed by atoms with van der Waals surface area (Å²) in [5.41, 5.74) is 7.18. The number of benzene rings is 4. The molecule has 6 rings (SSSR count). The van der Waals surface area contributed by atoms with Crippen molar-refractivity contribution in [3.8, 4) is 22.3 Å². The first-order valence-electron chi connectivity index (χ1n) is 12.2. The molecule has 0 amide bonds. The molecule has 0 spiro atoms. The van der Waals surface area contributed by atoms with E-state index in [1.54, 1.807) is 0 Å². The number of aldehydes is 2. The summed E-state index contributed by atoms with van der Waals surface area (Å²) in [5.74, 6) is 1.84. The fourth-order valence-corrected chi connectivity index (χ4v) is 5.20. The zero-order valence-electron chi connectivity index (χ0n) is 20.1. The Morgan fingerprint density at radius 3 is 1.22 bits per heavy atom. The van der Waals surface area contributed by atoms with Gasteiger partial charge in [-0.15, -0.1) is 0 Å². The molecule has 0 aliphatic carbocycles. The van der Waals surface area contributed by atoms with Gasteiger partial charge < -0.3 is 8.83 Å². The Kier molecular flexibility index (Phi) is 5.30. The first-order valence-corrected chi connectivity index (χ1v) is 12.2. The summed E-state index contributed by atoms with van der Waals surface area (Å²) in [4.78, 5) is 22.2. The van der Waals surface area contributed by atoms with Crippen molar-refractivity contribution in [2.24, 2.45) is 0 Å². The summed E-state index contributed by atoms with van der Waals surface area (Å²) < 4.78 is 12.9. The van der Waals surface area contributed by atoms with E-state index in [1.807, 2.05) is 48.5 Å². The molecule has 0 saturated heterocycles. The Morgan fingerprint density at radius 2 is 0.889 bits per heavy atom. The summed E-state index contributed by atoms with van der Waals surface area (Å²) in [6, 6.07) is 23.7. The molecule has 0 saturated carbocycles. The van der Waals surface area contributed by atoms with E-state index in [2.05, 4.69) is 38.1 Å². The van der Waals surface area contributed by atoms with Crippen LogP contribution in [-0.2, 0) is 12.8 Å². The zero-order valence-corrected chi connectivity index (χ0v) is 20.1. The second kappa shape index (κ2) is 8.65. The number of carbonyl (C=O) groups excluding carboxylic acids is 2. The quantitative estimate of drug-likeness (QED) is 0.228. The summed E-state index contributed by atoms with van der Waals surface area (Å²) in [6.45, 7) is 4.17. The molecular weight excluding hydrogens is 448 g/mol. The summed E-state index contributed by atoms with van der Waals surface area (Å²) >= 11 is 0. The van der Waals surface area contributed by atoms with Crippen LogP contribution in [0.4, 0.5) is 0 Å². The Morgan fingerprint density at radius 1 is 0.528 bits per heavy atom. The maximum atomic E-state index is 11.1. The minimum absolute atomic E-state index is 0.651. The topological polar surface area (TPSA) is 60.4 Å². The number of carbonyl (C=O) groups is 2. The molecule has 0 bridgehead atoms. The van der Waals surface area contributed by atoms with Crippen LogP contribution in [0, 0.1) is 0 Å². The van der Waals surface area contributed by atoms with E-state index in [4.69, 9.17) is 8.83 Å². The van der Waals surface area contributed by atoms with Gasteiger partial charge >= 0.3 is 0 Å².